The SMILES string of the molecule is Cc1ccc(Cl)c(Cl)c1N(c1ccccc1)C1CC1. The first-order chi connectivity index (χ1) is 9.18. The van der Waals surface area contributed by atoms with Gasteiger partial charge in [0.15, 0.2) is 0 Å². The molecule has 1 aliphatic rings. The van der Waals surface area contributed by atoms with E-state index in [9.17, 15) is 0 Å². The summed E-state index contributed by atoms with van der Waals surface area (Å²) in [5.41, 5.74) is 3.38. The Morgan fingerprint density at radius 3 is 2.32 bits per heavy atom. The zero-order valence-electron chi connectivity index (χ0n) is 10.7. The van der Waals surface area contributed by atoms with Crippen LogP contribution in [0.3, 0.4) is 0 Å². The highest BCUT2D eigenvalue weighted by Crippen LogP contribution is 2.44. The smallest absolute Gasteiger partial charge is 0.0831 e. The van der Waals surface area contributed by atoms with Crippen molar-refractivity contribution in [1.29, 1.82) is 0 Å². The van der Waals surface area contributed by atoms with Crippen LogP contribution in [0.2, 0.25) is 10.0 Å². The molecule has 1 aliphatic carbocycles. The quantitative estimate of drug-likeness (QED) is 0.711. The van der Waals surface area contributed by atoms with Crippen molar-refractivity contribution in [2.75, 3.05) is 4.90 Å². The maximum absolute atomic E-state index is 6.44. The van der Waals surface area contributed by atoms with E-state index in [1.54, 1.807) is 0 Å². The monoisotopic (exact) mass is 291 g/mol. The van der Waals surface area contributed by atoms with Crippen LogP contribution in [0.25, 0.3) is 0 Å². The highest BCUT2D eigenvalue weighted by molar-refractivity contribution is 6.44. The van der Waals surface area contributed by atoms with E-state index in [1.165, 1.54) is 18.5 Å². The third-order valence-corrected chi connectivity index (χ3v) is 4.25. The molecule has 98 valence electrons. The van der Waals surface area contributed by atoms with Gasteiger partial charge in [-0.1, -0.05) is 47.5 Å². The zero-order chi connectivity index (χ0) is 13.4. The molecule has 0 aliphatic heterocycles. The summed E-state index contributed by atoms with van der Waals surface area (Å²) in [6, 6.07) is 14.8. The minimum atomic E-state index is 0.539. The van der Waals surface area contributed by atoms with Gasteiger partial charge in [-0.3, -0.25) is 0 Å². The van der Waals surface area contributed by atoms with Crippen LogP contribution in [0.5, 0.6) is 0 Å². The van der Waals surface area contributed by atoms with Crippen molar-refractivity contribution >= 4 is 34.6 Å². The van der Waals surface area contributed by atoms with Crippen molar-refractivity contribution < 1.29 is 0 Å². The lowest BCUT2D eigenvalue weighted by atomic mass is 10.1. The summed E-state index contributed by atoms with van der Waals surface area (Å²) in [6.45, 7) is 2.08. The van der Waals surface area contributed by atoms with Crippen LogP contribution in [0.4, 0.5) is 11.4 Å². The van der Waals surface area contributed by atoms with Gasteiger partial charge in [0.2, 0.25) is 0 Å². The summed E-state index contributed by atoms with van der Waals surface area (Å²) in [6.07, 6.45) is 2.41. The Morgan fingerprint density at radius 1 is 1.00 bits per heavy atom. The van der Waals surface area contributed by atoms with E-state index in [1.807, 2.05) is 18.2 Å². The first-order valence-electron chi connectivity index (χ1n) is 6.47. The number of nitrogens with zero attached hydrogens (tertiary/aromatic N) is 1. The molecule has 0 amide bonds. The molecular weight excluding hydrogens is 277 g/mol. The molecule has 1 fully saturated rings. The second-order valence-corrected chi connectivity index (χ2v) is 5.75. The minimum absolute atomic E-state index is 0.539. The van der Waals surface area contributed by atoms with Gasteiger partial charge >= 0.3 is 0 Å². The summed E-state index contributed by atoms with van der Waals surface area (Å²) in [7, 11) is 0. The molecular formula is C16H15Cl2N. The van der Waals surface area contributed by atoms with Crippen LogP contribution in [0.15, 0.2) is 42.5 Å². The van der Waals surface area contributed by atoms with Crippen LogP contribution < -0.4 is 4.90 Å². The normalized spacial score (nSPS) is 14.5. The molecule has 3 rings (SSSR count). The molecule has 0 saturated heterocycles. The number of rotatable bonds is 3. The Bertz CT molecular complexity index is 591. The highest BCUT2D eigenvalue weighted by Gasteiger charge is 2.32. The maximum atomic E-state index is 6.44. The van der Waals surface area contributed by atoms with E-state index in [0.29, 0.717) is 16.1 Å². The number of hydrogen-bond acceptors (Lipinski definition) is 1. The van der Waals surface area contributed by atoms with E-state index < -0.39 is 0 Å². The Labute approximate surface area is 123 Å². The molecule has 0 unspecified atom stereocenters. The molecule has 0 heterocycles. The van der Waals surface area contributed by atoms with Crippen LogP contribution in [-0.2, 0) is 0 Å². The van der Waals surface area contributed by atoms with Gasteiger partial charge in [-0.15, -0.1) is 0 Å². The van der Waals surface area contributed by atoms with Crippen LogP contribution in [0, 0.1) is 6.92 Å². The van der Waals surface area contributed by atoms with Gasteiger partial charge in [0.25, 0.3) is 0 Å². The average Bonchev–Trinajstić information content (AvgIpc) is 3.24. The Balaban J connectivity index is 2.14. The molecule has 2 aromatic rings. The third-order valence-electron chi connectivity index (χ3n) is 3.46. The van der Waals surface area contributed by atoms with E-state index in [4.69, 9.17) is 23.2 Å². The number of para-hydroxylation sites is 1. The largest absolute Gasteiger partial charge is 0.337 e. The number of halogens is 2. The topological polar surface area (TPSA) is 3.24 Å². The lowest BCUT2D eigenvalue weighted by molar-refractivity contribution is 0.964. The predicted octanol–water partition coefficient (Wildman–Crippen LogP) is 5.60. The number of benzene rings is 2. The summed E-state index contributed by atoms with van der Waals surface area (Å²) < 4.78 is 0. The Kier molecular flexibility index (Phi) is 3.42. The van der Waals surface area contributed by atoms with Crippen LogP contribution in [0.1, 0.15) is 18.4 Å². The molecule has 0 bridgehead atoms. The first-order valence-corrected chi connectivity index (χ1v) is 7.23. The van der Waals surface area contributed by atoms with Crippen LogP contribution >= 0.6 is 23.2 Å². The lowest BCUT2D eigenvalue weighted by Gasteiger charge is -2.28. The Morgan fingerprint density at radius 2 is 1.68 bits per heavy atom. The molecule has 1 nitrogen and oxygen atoms in total. The van der Waals surface area contributed by atoms with E-state index >= 15 is 0 Å². The summed E-state index contributed by atoms with van der Waals surface area (Å²) in [5, 5.41) is 1.27. The fourth-order valence-corrected chi connectivity index (χ4v) is 2.83. The molecule has 0 N–H and O–H groups in total. The van der Waals surface area contributed by atoms with Crippen molar-refractivity contribution in [3.05, 3.63) is 58.1 Å². The second kappa shape index (κ2) is 5.07. The first kappa shape index (κ1) is 12.8. The van der Waals surface area contributed by atoms with Gasteiger partial charge in [0, 0.05) is 11.7 Å². The number of anilines is 2. The zero-order valence-corrected chi connectivity index (χ0v) is 12.2. The number of aryl methyl sites for hydroxylation is 1. The fraction of sp³-hybridized carbons (Fsp3) is 0.250. The standard InChI is InChI=1S/C16H15Cl2N/c1-11-7-10-14(17)15(18)16(11)19(13-8-9-13)12-5-3-2-4-6-12/h2-7,10,13H,8-9H2,1H3. The third kappa shape index (κ3) is 2.45. The molecule has 3 heteroatoms. The van der Waals surface area contributed by atoms with Gasteiger partial charge < -0.3 is 4.90 Å². The van der Waals surface area contributed by atoms with Crippen molar-refractivity contribution in [1.82, 2.24) is 0 Å². The maximum Gasteiger partial charge on any atom is 0.0831 e. The van der Waals surface area contributed by atoms with Crippen molar-refractivity contribution in [2.24, 2.45) is 0 Å². The molecule has 19 heavy (non-hydrogen) atoms. The molecule has 1 saturated carbocycles. The molecule has 0 spiro atoms. The number of hydrogen-bond donors (Lipinski definition) is 0. The lowest BCUT2D eigenvalue weighted by Crippen LogP contribution is -2.20. The predicted molar refractivity (Wildman–Crippen MR) is 82.8 cm³/mol. The second-order valence-electron chi connectivity index (χ2n) is 4.96. The molecule has 0 atom stereocenters. The van der Waals surface area contributed by atoms with E-state index in [-0.39, 0.29) is 0 Å². The molecule has 2 aromatic carbocycles. The molecule has 0 aromatic heterocycles. The van der Waals surface area contributed by atoms with Gasteiger partial charge in [0.1, 0.15) is 0 Å². The van der Waals surface area contributed by atoms with Gasteiger partial charge in [-0.25, -0.2) is 0 Å². The van der Waals surface area contributed by atoms with Gasteiger partial charge in [-0.05, 0) is 43.5 Å². The summed E-state index contributed by atoms with van der Waals surface area (Å²) >= 11 is 12.6. The van der Waals surface area contributed by atoms with E-state index in [0.717, 1.165) is 11.3 Å². The highest BCUT2D eigenvalue weighted by atomic mass is 35.5. The Hall–Kier alpha value is -1.18. The van der Waals surface area contributed by atoms with Crippen molar-refractivity contribution in [3.63, 3.8) is 0 Å². The van der Waals surface area contributed by atoms with E-state index in [2.05, 4.69) is 36.1 Å². The average molecular weight is 292 g/mol. The fourth-order valence-electron chi connectivity index (χ4n) is 2.38. The van der Waals surface area contributed by atoms with Crippen LogP contribution in [-0.4, -0.2) is 6.04 Å². The van der Waals surface area contributed by atoms with Gasteiger partial charge in [0.05, 0.1) is 15.7 Å². The molecule has 0 radical (unpaired) electrons. The van der Waals surface area contributed by atoms with Gasteiger partial charge in [-0.2, -0.15) is 0 Å². The van der Waals surface area contributed by atoms with Crippen molar-refractivity contribution in [2.45, 2.75) is 25.8 Å². The minimum Gasteiger partial charge on any atom is -0.337 e. The van der Waals surface area contributed by atoms with Crippen molar-refractivity contribution in [3.8, 4) is 0 Å². The summed E-state index contributed by atoms with van der Waals surface area (Å²) in [4.78, 5) is 2.32. The summed E-state index contributed by atoms with van der Waals surface area (Å²) in [5.74, 6) is 0.